The topological polar surface area (TPSA) is 75.2 Å². The summed E-state index contributed by atoms with van der Waals surface area (Å²) < 4.78 is 0. The number of nitrogens with one attached hydrogen (secondary N) is 1. The Morgan fingerprint density at radius 3 is 2.42 bits per heavy atom. The maximum absolute atomic E-state index is 12.5. The predicted octanol–water partition coefficient (Wildman–Crippen LogP) is 3.23. The van der Waals surface area contributed by atoms with Crippen molar-refractivity contribution in [1.29, 1.82) is 0 Å². The van der Waals surface area contributed by atoms with Crippen LogP contribution >= 0.6 is 0 Å². The number of carbonyl (C=O) groups excluding carboxylic acids is 2. The van der Waals surface area contributed by atoms with E-state index < -0.39 is 0 Å². The number of rotatable bonds is 5. The quantitative estimate of drug-likeness (QED) is 0.836. The van der Waals surface area contributed by atoms with Crippen molar-refractivity contribution in [3.63, 3.8) is 0 Å². The summed E-state index contributed by atoms with van der Waals surface area (Å²) in [5, 5.41) is 3.15. The number of anilines is 1. The summed E-state index contributed by atoms with van der Waals surface area (Å²) in [5.74, 6) is 0.562. The summed E-state index contributed by atoms with van der Waals surface area (Å²) in [5.41, 5.74) is 2.97. The first-order valence-electron chi connectivity index (χ1n) is 9.01. The van der Waals surface area contributed by atoms with Gasteiger partial charge in [-0.1, -0.05) is 12.1 Å². The van der Waals surface area contributed by atoms with E-state index >= 15 is 0 Å². The normalized spacial score (nSPS) is 14.2. The molecule has 1 saturated heterocycles. The van der Waals surface area contributed by atoms with Gasteiger partial charge in [-0.2, -0.15) is 0 Å². The number of benzene rings is 1. The van der Waals surface area contributed by atoms with E-state index in [4.69, 9.17) is 0 Å². The van der Waals surface area contributed by atoms with Gasteiger partial charge in [0.2, 0.25) is 5.95 Å². The minimum atomic E-state index is -0.0389. The third-order valence-electron chi connectivity index (χ3n) is 4.65. The zero-order chi connectivity index (χ0) is 18.5. The van der Waals surface area contributed by atoms with Crippen LogP contribution in [0, 0.1) is 6.92 Å². The lowest BCUT2D eigenvalue weighted by atomic mass is 10.1. The molecular formula is C20H24N4O2. The molecule has 0 spiro atoms. The number of hydrogen-bond acceptors (Lipinski definition) is 5. The second-order valence-corrected chi connectivity index (χ2v) is 6.65. The molecule has 26 heavy (non-hydrogen) atoms. The van der Waals surface area contributed by atoms with E-state index in [-0.39, 0.29) is 11.7 Å². The Morgan fingerprint density at radius 1 is 1.12 bits per heavy atom. The average molecular weight is 352 g/mol. The third kappa shape index (κ3) is 4.25. The van der Waals surface area contributed by atoms with Crippen molar-refractivity contribution in [1.82, 2.24) is 14.9 Å². The number of Topliss-reactive ketones (excluding diaryl/α,β-unsaturated/α-hetero) is 1. The van der Waals surface area contributed by atoms with E-state index in [9.17, 15) is 9.59 Å². The van der Waals surface area contributed by atoms with Crippen molar-refractivity contribution < 1.29 is 9.59 Å². The summed E-state index contributed by atoms with van der Waals surface area (Å²) in [6.45, 7) is 5.57. The number of amides is 1. The van der Waals surface area contributed by atoms with Gasteiger partial charge in [0.1, 0.15) is 0 Å². The van der Waals surface area contributed by atoms with Gasteiger partial charge in [-0.3, -0.25) is 9.59 Å². The van der Waals surface area contributed by atoms with Crippen LogP contribution in [-0.4, -0.2) is 39.6 Å². The summed E-state index contributed by atoms with van der Waals surface area (Å²) in [6.07, 6.45) is 4.95. The van der Waals surface area contributed by atoms with Crippen LogP contribution in [-0.2, 0) is 6.54 Å². The Labute approximate surface area is 153 Å². The molecule has 0 bridgehead atoms. The molecule has 2 heterocycles. The van der Waals surface area contributed by atoms with Gasteiger partial charge in [0.05, 0.1) is 11.3 Å². The molecule has 0 radical (unpaired) electrons. The maximum Gasteiger partial charge on any atom is 0.253 e. The summed E-state index contributed by atoms with van der Waals surface area (Å²) in [4.78, 5) is 34.3. The van der Waals surface area contributed by atoms with Crippen molar-refractivity contribution in [2.75, 3.05) is 18.4 Å². The first kappa shape index (κ1) is 18.0. The van der Waals surface area contributed by atoms with Crippen LogP contribution in [0.1, 0.15) is 58.2 Å². The molecule has 1 amide bonds. The summed E-state index contributed by atoms with van der Waals surface area (Å²) in [7, 11) is 0. The van der Waals surface area contributed by atoms with Crippen LogP contribution in [0.3, 0.4) is 0 Å². The lowest BCUT2D eigenvalue weighted by molar-refractivity contribution is 0.0724. The molecule has 0 saturated carbocycles. The number of piperidine rings is 1. The number of hydrogen-bond donors (Lipinski definition) is 1. The fourth-order valence-electron chi connectivity index (χ4n) is 3.12. The van der Waals surface area contributed by atoms with Crippen molar-refractivity contribution in [3.8, 4) is 0 Å². The molecule has 1 N–H and O–H groups in total. The molecule has 1 aromatic carbocycles. The van der Waals surface area contributed by atoms with Crippen LogP contribution in [0.25, 0.3) is 0 Å². The SMILES string of the molecule is CC(=O)c1cnc(NCc2ccc(C(=O)N3CCCCC3)cc2)nc1C. The molecular weight excluding hydrogens is 328 g/mol. The monoisotopic (exact) mass is 352 g/mol. The van der Waals surface area contributed by atoms with Gasteiger partial charge < -0.3 is 10.2 Å². The van der Waals surface area contributed by atoms with E-state index in [1.54, 1.807) is 13.1 Å². The number of nitrogens with zero attached hydrogens (tertiary/aromatic N) is 3. The lowest BCUT2D eigenvalue weighted by Gasteiger charge is -2.26. The lowest BCUT2D eigenvalue weighted by Crippen LogP contribution is -2.35. The molecule has 6 nitrogen and oxygen atoms in total. The molecule has 0 aliphatic carbocycles. The number of aromatic nitrogens is 2. The van der Waals surface area contributed by atoms with E-state index in [0.717, 1.165) is 37.1 Å². The molecule has 1 aromatic heterocycles. The Kier molecular flexibility index (Phi) is 5.61. The van der Waals surface area contributed by atoms with Crippen LogP contribution in [0.15, 0.2) is 30.5 Å². The maximum atomic E-state index is 12.5. The molecule has 0 atom stereocenters. The smallest absolute Gasteiger partial charge is 0.253 e. The van der Waals surface area contributed by atoms with Gasteiger partial charge in [0.25, 0.3) is 5.91 Å². The third-order valence-corrected chi connectivity index (χ3v) is 4.65. The Bertz CT molecular complexity index is 796. The fraction of sp³-hybridized carbons (Fsp3) is 0.400. The largest absolute Gasteiger partial charge is 0.350 e. The molecule has 1 aliphatic rings. The molecule has 0 unspecified atom stereocenters. The van der Waals surface area contributed by atoms with Crippen LogP contribution in [0.2, 0.25) is 0 Å². The second-order valence-electron chi connectivity index (χ2n) is 6.65. The van der Waals surface area contributed by atoms with Gasteiger partial charge in [-0.25, -0.2) is 9.97 Å². The molecule has 1 aliphatic heterocycles. The van der Waals surface area contributed by atoms with Gasteiger partial charge in [-0.15, -0.1) is 0 Å². The van der Waals surface area contributed by atoms with Crippen molar-refractivity contribution in [2.24, 2.45) is 0 Å². The predicted molar refractivity (Wildman–Crippen MR) is 100 cm³/mol. The highest BCUT2D eigenvalue weighted by molar-refractivity contribution is 5.95. The minimum absolute atomic E-state index is 0.0389. The Morgan fingerprint density at radius 2 is 1.81 bits per heavy atom. The zero-order valence-electron chi connectivity index (χ0n) is 15.3. The average Bonchev–Trinajstić information content (AvgIpc) is 2.66. The zero-order valence-corrected chi connectivity index (χ0v) is 15.3. The highest BCUT2D eigenvalue weighted by Crippen LogP contribution is 2.14. The first-order chi connectivity index (χ1) is 12.5. The van der Waals surface area contributed by atoms with E-state index in [2.05, 4.69) is 15.3 Å². The van der Waals surface area contributed by atoms with Crippen LogP contribution < -0.4 is 5.32 Å². The number of aryl methyl sites for hydroxylation is 1. The second kappa shape index (κ2) is 8.08. The van der Waals surface area contributed by atoms with Gasteiger partial charge in [0.15, 0.2) is 5.78 Å². The number of carbonyl (C=O) groups is 2. The minimum Gasteiger partial charge on any atom is -0.350 e. The number of likely N-dealkylation sites (tertiary alicyclic amines) is 1. The van der Waals surface area contributed by atoms with Crippen molar-refractivity contribution in [2.45, 2.75) is 39.7 Å². The molecule has 1 fully saturated rings. The first-order valence-corrected chi connectivity index (χ1v) is 9.01. The highest BCUT2D eigenvalue weighted by Gasteiger charge is 2.17. The highest BCUT2D eigenvalue weighted by atomic mass is 16.2. The molecule has 2 aromatic rings. The summed E-state index contributed by atoms with van der Waals surface area (Å²) >= 11 is 0. The fourth-order valence-corrected chi connectivity index (χ4v) is 3.12. The molecule has 6 heteroatoms. The van der Waals surface area contributed by atoms with Crippen molar-refractivity contribution in [3.05, 3.63) is 52.8 Å². The summed E-state index contributed by atoms with van der Waals surface area (Å²) in [6, 6.07) is 7.64. The molecule has 136 valence electrons. The van der Waals surface area contributed by atoms with Crippen LogP contribution in [0.4, 0.5) is 5.95 Å². The Hall–Kier alpha value is -2.76. The van der Waals surface area contributed by atoms with E-state index in [1.807, 2.05) is 29.2 Å². The standard InChI is InChI=1S/C20H24N4O2/c1-14-18(15(2)25)13-22-20(23-14)21-12-16-6-8-17(9-7-16)19(26)24-10-4-3-5-11-24/h6-9,13H,3-5,10-12H2,1-2H3,(H,21,22,23). The van der Waals surface area contributed by atoms with Gasteiger partial charge in [0, 0.05) is 31.4 Å². The van der Waals surface area contributed by atoms with Crippen LogP contribution in [0.5, 0.6) is 0 Å². The van der Waals surface area contributed by atoms with Gasteiger partial charge >= 0.3 is 0 Å². The van der Waals surface area contributed by atoms with Crippen molar-refractivity contribution >= 4 is 17.6 Å². The van der Waals surface area contributed by atoms with Gasteiger partial charge in [-0.05, 0) is 50.8 Å². The number of ketones is 1. The van der Waals surface area contributed by atoms with E-state index in [0.29, 0.717) is 23.8 Å². The Balaban J connectivity index is 1.60. The van der Waals surface area contributed by atoms with E-state index in [1.165, 1.54) is 13.3 Å². The molecule has 3 rings (SSSR count).